The zero-order valence-electron chi connectivity index (χ0n) is 8.84. The van der Waals surface area contributed by atoms with E-state index in [1.54, 1.807) is 0 Å². The first kappa shape index (κ1) is 12.6. The van der Waals surface area contributed by atoms with Crippen LogP contribution in [0, 0.1) is 11.6 Å². The van der Waals surface area contributed by atoms with E-state index in [0.29, 0.717) is 13.0 Å². The second-order valence-electron chi connectivity index (χ2n) is 3.36. The molecule has 5 heteroatoms. The fourth-order valence-electron chi connectivity index (χ4n) is 1.39. The highest BCUT2D eigenvalue weighted by Gasteiger charge is 2.25. The molecular weight excluding hydrogens is 216 g/mol. The fourth-order valence-corrected chi connectivity index (χ4v) is 1.39. The van der Waals surface area contributed by atoms with Crippen molar-refractivity contribution in [3.05, 3.63) is 35.4 Å². The molecule has 16 heavy (non-hydrogen) atoms. The second-order valence-corrected chi connectivity index (χ2v) is 3.36. The monoisotopic (exact) mass is 229 g/mol. The van der Waals surface area contributed by atoms with E-state index in [1.165, 1.54) is 6.07 Å². The molecule has 0 amide bonds. The van der Waals surface area contributed by atoms with E-state index in [9.17, 15) is 13.6 Å². The van der Waals surface area contributed by atoms with Gasteiger partial charge in [0, 0.05) is 0 Å². The first-order valence-electron chi connectivity index (χ1n) is 4.98. The van der Waals surface area contributed by atoms with Crippen molar-refractivity contribution in [2.75, 3.05) is 6.54 Å². The van der Waals surface area contributed by atoms with Gasteiger partial charge in [-0.3, -0.25) is 4.79 Å². The summed E-state index contributed by atoms with van der Waals surface area (Å²) in [6, 6.07) is 1.94. The Morgan fingerprint density at radius 1 is 1.44 bits per heavy atom. The summed E-state index contributed by atoms with van der Waals surface area (Å²) >= 11 is 0. The van der Waals surface area contributed by atoms with Crippen molar-refractivity contribution >= 4 is 5.97 Å². The molecule has 0 saturated heterocycles. The zero-order valence-corrected chi connectivity index (χ0v) is 8.84. The molecule has 0 bridgehead atoms. The van der Waals surface area contributed by atoms with Crippen LogP contribution in [0.4, 0.5) is 8.78 Å². The minimum Gasteiger partial charge on any atom is -0.480 e. The smallest absolute Gasteiger partial charge is 0.325 e. The Kier molecular flexibility index (Phi) is 4.37. The van der Waals surface area contributed by atoms with E-state index >= 15 is 0 Å². The molecule has 0 aliphatic heterocycles. The van der Waals surface area contributed by atoms with E-state index in [4.69, 9.17) is 5.11 Å². The largest absolute Gasteiger partial charge is 0.480 e. The summed E-state index contributed by atoms with van der Waals surface area (Å²) in [7, 11) is 0. The van der Waals surface area contributed by atoms with Crippen molar-refractivity contribution in [1.29, 1.82) is 0 Å². The molecule has 0 spiro atoms. The highest BCUT2D eigenvalue weighted by Crippen LogP contribution is 2.20. The van der Waals surface area contributed by atoms with Crippen molar-refractivity contribution in [3.63, 3.8) is 0 Å². The van der Waals surface area contributed by atoms with Crippen molar-refractivity contribution in [2.24, 2.45) is 0 Å². The van der Waals surface area contributed by atoms with Crippen LogP contribution >= 0.6 is 0 Å². The average molecular weight is 229 g/mol. The Balaban J connectivity index is 3.05. The van der Waals surface area contributed by atoms with Gasteiger partial charge in [0.25, 0.3) is 0 Å². The van der Waals surface area contributed by atoms with Gasteiger partial charge in [0.15, 0.2) is 0 Å². The summed E-state index contributed by atoms with van der Waals surface area (Å²) < 4.78 is 26.7. The van der Waals surface area contributed by atoms with Crippen LogP contribution in [0.5, 0.6) is 0 Å². The number of hydrogen-bond acceptors (Lipinski definition) is 2. The van der Waals surface area contributed by atoms with E-state index < -0.39 is 29.2 Å². The molecule has 0 fully saturated rings. The number of benzene rings is 1. The molecule has 0 radical (unpaired) electrons. The summed E-state index contributed by atoms with van der Waals surface area (Å²) in [5, 5.41) is 11.5. The molecule has 88 valence electrons. The summed E-state index contributed by atoms with van der Waals surface area (Å²) in [6.07, 6.45) is 0.680. The third kappa shape index (κ3) is 2.76. The summed E-state index contributed by atoms with van der Waals surface area (Å²) in [6.45, 7) is 2.22. The van der Waals surface area contributed by atoms with Gasteiger partial charge in [-0.15, -0.1) is 0 Å². The minimum atomic E-state index is -1.35. The quantitative estimate of drug-likeness (QED) is 0.812. The Morgan fingerprint density at radius 2 is 2.00 bits per heavy atom. The number of nitrogens with one attached hydrogen (secondary N) is 1. The minimum absolute atomic E-state index is 0.380. The van der Waals surface area contributed by atoms with Gasteiger partial charge < -0.3 is 10.4 Å². The Hall–Kier alpha value is -1.49. The van der Waals surface area contributed by atoms with Gasteiger partial charge in [-0.05, 0) is 25.1 Å². The average Bonchev–Trinajstić information content (AvgIpc) is 2.21. The van der Waals surface area contributed by atoms with Crippen LogP contribution < -0.4 is 5.32 Å². The lowest BCUT2D eigenvalue weighted by Crippen LogP contribution is -2.30. The highest BCUT2D eigenvalue weighted by molar-refractivity contribution is 5.75. The summed E-state index contributed by atoms with van der Waals surface area (Å²) in [5.41, 5.74) is -0.441. The molecule has 1 aromatic rings. The summed E-state index contributed by atoms with van der Waals surface area (Å²) in [4.78, 5) is 10.9. The van der Waals surface area contributed by atoms with Crippen molar-refractivity contribution in [2.45, 2.75) is 19.4 Å². The number of carboxylic acids is 1. The van der Waals surface area contributed by atoms with Crippen LogP contribution in [0.3, 0.4) is 0 Å². The standard InChI is InChI=1S/C11H13F2NO2/c1-2-6-14-10(11(15)16)9-7(12)4-3-5-8(9)13/h3-5,10,14H,2,6H2,1H3,(H,15,16). The Labute approximate surface area is 92.1 Å². The molecule has 0 heterocycles. The maximum Gasteiger partial charge on any atom is 0.325 e. The number of halogens is 2. The van der Waals surface area contributed by atoms with Crippen molar-refractivity contribution in [3.8, 4) is 0 Å². The molecule has 0 aliphatic rings. The lowest BCUT2D eigenvalue weighted by molar-refractivity contribution is -0.139. The van der Waals surface area contributed by atoms with Gasteiger partial charge in [0.2, 0.25) is 0 Å². The number of hydrogen-bond donors (Lipinski definition) is 2. The van der Waals surface area contributed by atoms with Crippen molar-refractivity contribution in [1.82, 2.24) is 5.32 Å². The summed E-state index contributed by atoms with van der Waals surface area (Å²) in [5.74, 6) is -3.00. The van der Waals surface area contributed by atoms with Crippen LogP contribution in [0.25, 0.3) is 0 Å². The van der Waals surface area contributed by atoms with Crippen LogP contribution in [0.1, 0.15) is 24.9 Å². The molecule has 0 aromatic heterocycles. The van der Waals surface area contributed by atoms with Crippen LogP contribution in [-0.4, -0.2) is 17.6 Å². The lowest BCUT2D eigenvalue weighted by atomic mass is 10.1. The van der Waals surface area contributed by atoms with Crippen LogP contribution in [0.2, 0.25) is 0 Å². The fraction of sp³-hybridized carbons (Fsp3) is 0.364. The van der Waals surface area contributed by atoms with Crippen LogP contribution in [0.15, 0.2) is 18.2 Å². The molecule has 1 aromatic carbocycles. The first-order valence-corrected chi connectivity index (χ1v) is 4.98. The molecular formula is C11H13F2NO2. The number of aliphatic carboxylic acids is 1. The Bertz CT molecular complexity index is 362. The second kappa shape index (κ2) is 5.55. The van der Waals surface area contributed by atoms with Gasteiger partial charge in [0.1, 0.15) is 17.7 Å². The number of rotatable bonds is 5. The Morgan fingerprint density at radius 3 is 2.44 bits per heavy atom. The van der Waals surface area contributed by atoms with E-state index in [0.717, 1.165) is 12.1 Å². The van der Waals surface area contributed by atoms with Crippen molar-refractivity contribution < 1.29 is 18.7 Å². The highest BCUT2D eigenvalue weighted by atomic mass is 19.1. The SMILES string of the molecule is CCCNC(C(=O)O)c1c(F)cccc1F. The van der Waals surface area contributed by atoms with Gasteiger partial charge in [-0.25, -0.2) is 8.78 Å². The molecule has 0 saturated carbocycles. The number of carboxylic acid groups (broad SMARTS) is 1. The molecule has 2 N–H and O–H groups in total. The third-order valence-corrected chi connectivity index (χ3v) is 2.13. The lowest BCUT2D eigenvalue weighted by Gasteiger charge is -2.15. The number of carbonyl (C=O) groups is 1. The van der Waals surface area contributed by atoms with E-state index in [-0.39, 0.29) is 0 Å². The maximum atomic E-state index is 13.3. The van der Waals surface area contributed by atoms with E-state index in [2.05, 4.69) is 5.32 Å². The van der Waals surface area contributed by atoms with Crippen LogP contribution in [-0.2, 0) is 4.79 Å². The van der Waals surface area contributed by atoms with Gasteiger partial charge in [-0.2, -0.15) is 0 Å². The van der Waals surface area contributed by atoms with Gasteiger partial charge in [0.05, 0.1) is 5.56 Å². The van der Waals surface area contributed by atoms with Gasteiger partial charge >= 0.3 is 5.97 Å². The molecule has 1 atom stereocenters. The normalized spacial score (nSPS) is 12.4. The van der Waals surface area contributed by atoms with Gasteiger partial charge in [-0.1, -0.05) is 13.0 Å². The molecule has 3 nitrogen and oxygen atoms in total. The maximum absolute atomic E-state index is 13.3. The predicted molar refractivity (Wildman–Crippen MR) is 55.0 cm³/mol. The molecule has 1 rings (SSSR count). The topological polar surface area (TPSA) is 49.3 Å². The molecule has 0 aliphatic carbocycles. The first-order chi connectivity index (χ1) is 7.57. The third-order valence-electron chi connectivity index (χ3n) is 2.13. The zero-order chi connectivity index (χ0) is 12.1. The van der Waals surface area contributed by atoms with E-state index in [1.807, 2.05) is 6.92 Å². The predicted octanol–water partition coefficient (Wildman–Crippen LogP) is 2.09. The molecule has 1 unspecified atom stereocenters.